The highest BCUT2D eigenvalue weighted by molar-refractivity contribution is 14.1. The van der Waals surface area contributed by atoms with Crippen molar-refractivity contribution < 1.29 is 14.3 Å². The van der Waals surface area contributed by atoms with Crippen LogP contribution in [-0.2, 0) is 18.0 Å². The zero-order valence-electron chi connectivity index (χ0n) is 16.0. The van der Waals surface area contributed by atoms with Crippen molar-refractivity contribution in [3.8, 4) is 5.75 Å². The molecule has 150 valence electrons. The molecular weight excluding hydrogens is 491 g/mol. The second-order valence-electron chi connectivity index (χ2n) is 6.70. The quantitative estimate of drug-likeness (QED) is 0.215. The predicted molar refractivity (Wildman–Crippen MR) is 125 cm³/mol. The van der Waals surface area contributed by atoms with E-state index in [1.165, 1.54) is 0 Å². The third-order valence-corrected chi connectivity index (χ3v) is 5.53. The SMILES string of the molecule is Nc1c(I)ccc2c(OCc3ccccc3)cc(C(=O)OCc3ccccc3)nc12. The van der Waals surface area contributed by atoms with E-state index in [1.807, 2.05) is 72.8 Å². The van der Waals surface area contributed by atoms with Crippen molar-refractivity contribution in [3.05, 3.63) is 99.3 Å². The van der Waals surface area contributed by atoms with Gasteiger partial charge < -0.3 is 15.2 Å². The number of carbonyl (C=O) groups excluding carboxylic acids is 1. The summed E-state index contributed by atoms with van der Waals surface area (Å²) in [5.41, 5.74) is 9.38. The van der Waals surface area contributed by atoms with E-state index in [-0.39, 0.29) is 12.3 Å². The molecule has 5 nitrogen and oxygen atoms in total. The molecule has 0 aliphatic heterocycles. The second kappa shape index (κ2) is 9.13. The topological polar surface area (TPSA) is 74.4 Å². The number of esters is 1. The van der Waals surface area contributed by atoms with Gasteiger partial charge in [0.15, 0.2) is 5.69 Å². The van der Waals surface area contributed by atoms with Crippen molar-refractivity contribution in [1.82, 2.24) is 4.98 Å². The summed E-state index contributed by atoms with van der Waals surface area (Å²) in [6.45, 7) is 0.533. The van der Waals surface area contributed by atoms with Crippen LogP contribution in [0.25, 0.3) is 10.9 Å². The largest absolute Gasteiger partial charge is 0.488 e. The van der Waals surface area contributed by atoms with E-state index in [9.17, 15) is 4.79 Å². The average Bonchev–Trinajstić information content (AvgIpc) is 2.79. The number of nitrogens with zero attached hydrogens (tertiary/aromatic N) is 1. The summed E-state index contributed by atoms with van der Waals surface area (Å²) in [6, 6.07) is 24.8. The molecular formula is C24H19IN2O3. The molecule has 0 saturated heterocycles. The number of hydrogen-bond acceptors (Lipinski definition) is 5. The van der Waals surface area contributed by atoms with E-state index in [2.05, 4.69) is 27.6 Å². The molecule has 0 fully saturated rings. The predicted octanol–water partition coefficient (Wildman–Crippen LogP) is 5.36. The Kier molecular flexibility index (Phi) is 6.13. The Labute approximate surface area is 188 Å². The maximum absolute atomic E-state index is 12.7. The number of ether oxygens (including phenoxy) is 2. The van der Waals surface area contributed by atoms with E-state index >= 15 is 0 Å². The zero-order chi connectivity index (χ0) is 20.9. The first-order chi connectivity index (χ1) is 14.6. The van der Waals surface area contributed by atoms with Gasteiger partial charge in [-0.3, -0.25) is 0 Å². The van der Waals surface area contributed by atoms with E-state index in [4.69, 9.17) is 15.2 Å². The number of carbonyl (C=O) groups is 1. The Morgan fingerprint density at radius 3 is 2.20 bits per heavy atom. The lowest BCUT2D eigenvalue weighted by Crippen LogP contribution is -2.09. The van der Waals surface area contributed by atoms with Gasteiger partial charge in [0.1, 0.15) is 19.0 Å². The monoisotopic (exact) mass is 510 g/mol. The number of anilines is 1. The smallest absolute Gasteiger partial charge is 0.357 e. The molecule has 4 aromatic rings. The standard InChI is InChI=1S/C24H19IN2O3/c25-19-12-11-18-21(29-14-16-7-3-1-4-8-16)13-20(27-23(18)22(19)26)24(28)30-15-17-9-5-2-6-10-17/h1-13H,14-15,26H2. The van der Waals surface area contributed by atoms with E-state index in [1.54, 1.807) is 6.07 Å². The molecule has 0 atom stereocenters. The van der Waals surface area contributed by atoms with Crippen molar-refractivity contribution in [2.24, 2.45) is 0 Å². The molecule has 4 rings (SSSR count). The Morgan fingerprint density at radius 2 is 1.53 bits per heavy atom. The maximum atomic E-state index is 12.7. The van der Waals surface area contributed by atoms with Crippen molar-refractivity contribution in [3.63, 3.8) is 0 Å². The zero-order valence-corrected chi connectivity index (χ0v) is 18.2. The molecule has 3 aromatic carbocycles. The Balaban J connectivity index is 1.65. The highest BCUT2D eigenvalue weighted by Crippen LogP contribution is 2.32. The summed E-state index contributed by atoms with van der Waals surface area (Å²) in [4.78, 5) is 17.2. The minimum absolute atomic E-state index is 0.162. The first-order valence-electron chi connectivity index (χ1n) is 9.38. The number of pyridine rings is 1. The molecule has 6 heteroatoms. The van der Waals surface area contributed by atoms with Crippen LogP contribution in [0.3, 0.4) is 0 Å². The Bertz CT molecular complexity index is 1180. The van der Waals surface area contributed by atoms with Crippen molar-refractivity contribution in [1.29, 1.82) is 0 Å². The molecule has 30 heavy (non-hydrogen) atoms. The van der Waals surface area contributed by atoms with Gasteiger partial charge in [0.2, 0.25) is 0 Å². The fourth-order valence-electron chi connectivity index (χ4n) is 3.01. The molecule has 0 aliphatic carbocycles. The van der Waals surface area contributed by atoms with Crippen LogP contribution in [0.4, 0.5) is 5.69 Å². The fraction of sp³-hybridized carbons (Fsp3) is 0.0833. The highest BCUT2D eigenvalue weighted by atomic mass is 127. The van der Waals surface area contributed by atoms with Crippen LogP contribution in [0.5, 0.6) is 5.75 Å². The van der Waals surface area contributed by atoms with Crippen LogP contribution >= 0.6 is 22.6 Å². The summed E-state index contributed by atoms with van der Waals surface area (Å²) in [5, 5.41) is 0.753. The first-order valence-corrected chi connectivity index (χ1v) is 10.5. The highest BCUT2D eigenvalue weighted by Gasteiger charge is 2.17. The Hall–Kier alpha value is -3.13. The number of aromatic nitrogens is 1. The van der Waals surface area contributed by atoms with Crippen molar-refractivity contribution in [2.75, 3.05) is 5.73 Å². The Morgan fingerprint density at radius 1 is 0.900 bits per heavy atom. The maximum Gasteiger partial charge on any atom is 0.357 e. The third-order valence-electron chi connectivity index (χ3n) is 4.59. The molecule has 1 aromatic heterocycles. The van der Waals surface area contributed by atoms with E-state index in [0.717, 1.165) is 20.1 Å². The molecule has 1 heterocycles. The number of nitrogens with two attached hydrogens (primary N) is 1. The molecule has 0 saturated carbocycles. The van der Waals surface area contributed by atoms with Gasteiger partial charge in [0.05, 0.1) is 11.2 Å². The molecule has 0 spiro atoms. The molecule has 2 N–H and O–H groups in total. The normalized spacial score (nSPS) is 10.7. The first kappa shape index (κ1) is 20.2. The van der Waals surface area contributed by atoms with Crippen molar-refractivity contribution in [2.45, 2.75) is 13.2 Å². The third kappa shape index (κ3) is 4.54. The van der Waals surface area contributed by atoms with Crippen LogP contribution < -0.4 is 10.5 Å². The van der Waals surface area contributed by atoms with E-state index in [0.29, 0.717) is 23.6 Å². The minimum atomic E-state index is -0.524. The van der Waals surface area contributed by atoms with Gasteiger partial charge in [-0.1, -0.05) is 60.7 Å². The van der Waals surface area contributed by atoms with Crippen molar-refractivity contribution >= 4 is 45.2 Å². The van der Waals surface area contributed by atoms with Gasteiger partial charge in [-0.2, -0.15) is 0 Å². The molecule has 0 radical (unpaired) electrons. The molecule has 0 unspecified atom stereocenters. The summed E-state index contributed by atoms with van der Waals surface area (Å²) < 4.78 is 12.4. The molecule has 0 amide bonds. The van der Waals surface area contributed by atoms with Crippen LogP contribution in [0, 0.1) is 3.57 Å². The van der Waals surface area contributed by atoms with Crippen LogP contribution in [-0.4, -0.2) is 11.0 Å². The van der Waals surface area contributed by atoms with E-state index < -0.39 is 5.97 Å². The van der Waals surface area contributed by atoms with Gasteiger partial charge in [0.25, 0.3) is 0 Å². The van der Waals surface area contributed by atoms with Gasteiger partial charge in [-0.25, -0.2) is 9.78 Å². The number of nitrogen functional groups attached to an aromatic ring is 1. The lowest BCUT2D eigenvalue weighted by Gasteiger charge is -2.13. The van der Waals surface area contributed by atoms with Gasteiger partial charge in [-0.15, -0.1) is 0 Å². The van der Waals surface area contributed by atoms with Gasteiger partial charge in [0, 0.05) is 15.0 Å². The summed E-state index contributed by atoms with van der Waals surface area (Å²) in [7, 11) is 0. The van der Waals surface area contributed by atoms with Crippen LogP contribution in [0.1, 0.15) is 21.6 Å². The number of benzene rings is 3. The summed E-state index contributed by atoms with van der Waals surface area (Å²) in [5.74, 6) is 0.0159. The van der Waals surface area contributed by atoms with Gasteiger partial charge in [-0.05, 0) is 45.9 Å². The summed E-state index contributed by atoms with van der Waals surface area (Å²) in [6.07, 6.45) is 0. The average molecular weight is 510 g/mol. The van der Waals surface area contributed by atoms with Crippen LogP contribution in [0.15, 0.2) is 78.9 Å². The summed E-state index contributed by atoms with van der Waals surface area (Å²) >= 11 is 2.15. The number of hydrogen-bond donors (Lipinski definition) is 1. The lowest BCUT2D eigenvalue weighted by molar-refractivity contribution is 0.0465. The number of halogens is 1. The number of rotatable bonds is 6. The molecule has 0 bridgehead atoms. The fourth-order valence-corrected chi connectivity index (χ4v) is 3.45. The lowest BCUT2D eigenvalue weighted by atomic mass is 10.1. The molecule has 0 aliphatic rings. The number of fused-ring (bicyclic) bond motifs is 1. The second-order valence-corrected chi connectivity index (χ2v) is 7.86. The van der Waals surface area contributed by atoms with Gasteiger partial charge >= 0.3 is 5.97 Å². The minimum Gasteiger partial charge on any atom is -0.488 e. The van der Waals surface area contributed by atoms with Crippen LogP contribution in [0.2, 0.25) is 0 Å².